The van der Waals surface area contributed by atoms with Gasteiger partial charge in [-0.25, -0.2) is 0 Å². The Bertz CT molecular complexity index is 1210. The number of hydrogen-bond acceptors (Lipinski definition) is 6. The van der Waals surface area contributed by atoms with Crippen molar-refractivity contribution in [2.45, 2.75) is 38.8 Å². The van der Waals surface area contributed by atoms with Crippen LogP contribution in [0.4, 0.5) is 0 Å². The number of nitrogens with zero attached hydrogens (tertiary/aromatic N) is 1. The maximum absolute atomic E-state index is 13.2. The quantitative estimate of drug-likeness (QED) is 0.617. The fourth-order valence-corrected chi connectivity index (χ4v) is 5.06. The summed E-state index contributed by atoms with van der Waals surface area (Å²) in [4.78, 5) is 28.5. The molecule has 160 valence electrons. The molecule has 6 heteroatoms. The van der Waals surface area contributed by atoms with Gasteiger partial charge in [0.05, 0.1) is 18.7 Å². The van der Waals surface area contributed by atoms with Crippen molar-refractivity contribution in [3.63, 3.8) is 0 Å². The Hall–Kier alpha value is -2.80. The van der Waals surface area contributed by atoms with E-state index in [1.807, 2.05) is 37.3 Å². The summed E-state index contributed by atoms with van der Waals surface area (Å²) in [6.45, 7) is 3.22. The molecule has 0 spiro atoms. The molecule has 1 aromatic heterocycles. The van der Waals surface area contributed by atoms with Crippen LogP contribution in [0.25, 0.3) is 22.1 Å². The van der Waals surface area contributed by atoms with E-state index in [-0.39, 0.29) is 19.3 Å². The van der Waals surface area contributed by atoms with Gasteiger partial charge in [0.15, 0.2) is 0 Å². The molecule has 6 nitrogen and oxygen atoms in total. The summed E-state index contributed by atoms with van der Waals surface area (Å²) in [6.07, 6.45) is 1.90. The summed E-state index contributed by atoms with van der Waals surface area (Å²) in [5.74, 6) is 0.220. The van der Waals surface area contributed by atoms with Gasteiger partial charge in [-0.3, -0.25) is 14.5 Å². The molecule has 0 fully saturated rings. The molecule has 1 aliphatic heterocycles. The average molecular weight is 419 g/mol. The number of carbonyl (C=O) groups is 2. The van der Waals surface area contributed by atoms with E-state index in [0.29, 0.717) is 60.6 Å². The van der Waals surface area contributed by atoms with Crippen LogP contribution in [0.2, 0.25) is 0 Å². The highest BCUT2D eigenvalue weighted by molar-refractivity contribution is 6.54. The van der Waals surface area contributed by atoms with E-state index in [1.54, 1.807) is 0 Å². The highest BCUT2D eigenvalue weighted by Gasteiger charge is 2.40. The number of benzene rings is 2. The van der Waals surface area contributed by atoms with Gasteiger partial charge in [0.1, 0.15) is 11.5 Å². The van der Waals surface area contributed by atoms with Crippen LogP contribution in [-0.2, 0) is 13.0 Å². The fourth-order valence-electron chi connectivity index (χ4n) is 5.06. The van der Waals surface area contributed by atoms with E-state index in [1.165, 1.54) is 0 Å². The molecule has 2 aliphatic rings. The smallest absolute Gasteiger partial charge is 0.237 e. The van der Waals surface area contributed by atoms with Gasteiger partial charge in [0, 0.05) is 35.9 Å². The average Bonchev–Trinajstić information content (AvgIpc) is 3.17. The third kappa shape index (κ3) is 3.05. The number of aliphatic hydroxyl groups is 2. The highest BCUT2D eigenvalue weighted by atomic mass is 16.3. The van der Waals surface area contributed by atoms with Crippen LogP contribution in [-0.4, -0.2) is 52.5 Å². The van der Waals surface area contributed by atoms with Gasteiger partial charge in [-0.05, 0) is 48.6 Å². The fraction of sp³-hybridized carbons (Fsp3) is 0.360. The number of aliphatic hydroxyl groups excluding tert-OH is 2. The minimum Gasteiger partial charge on any atom is -0.459 e. The predicted molar refractivity (Wildman–Crippen MR) is 116 cm³/mol. The maximum atomic E-state index is 13.2. The van der Waals surface area contributed by atoms with Crippen LogP contribution in [0.3, 0.4) is 0 Å². The first-order valence-corrected chi connectivity index (χ1v) is 10.8. The SMILES string of the molecule is Cc1cccc2c3c(ccc12)-c1oc2c(c1C(=O)C3=O)CCN([C@H](CO)CCCO)C2. The Morgan fingerprint density at radius 2 is 1.87 bits per heavy atom. The van der Waals surface area contributed by atoms with Crippen LogP contribution in [0.15, 0.2) is 34.7 Å². The minimum atomic E-state index is -0.492. The van der Waals surface area contributed by atoms with Crippen molar-refractivity contribution in [2.24, 2.45) is 0 Å². The molecule has 3 aromatic rings. The second kappa shape index (κ2) is 7.71. The number of aryl methyl sites for hydroxylation is 1. The summed E-state index contributed by atoms with van der Waals surface area (Å²) >= 11 is 0. The van der Waals surface area contributed by atoms with Crippen LogP contribution < -0.4 is 0 Å². The van der Waals surface area contributed by atoms with Crippen molar-refractivity contribution in [1.82, 2.24) is 4.90 Å². The van der Waals surface area contributed by atoms with Crippen LogP contribution in [0.5, 0.6) is 0 Å². The number of ketones is 2. The molecule has 1 aliphatic carbocycles. The van der Waals surface area contributed by atoms with Crippen LogP contribution in [0, 0.1) is 6.92 Å². The van der Waals surface area contributed by atoms with Crippen LogP contribution in [0.1, 0.15) is 50.4 Å². The molecule has 2 N–H and O–H groups in total. The van der Waals surface area contributed by atoms with Crippen molar-refractivity contribution < 1.29 is 24.2 Å². The lowest BCUT2D eigenvalue weighted by Gasteiger charge is -2.32. The van der Waals surface area contributed by atoms with Crippen molar-refractivity contribution in [3.8, 4) is 11.3 Å². The Balaban J connectivity index is 1.61. The summed E-state index contributed by atoms with van der Waals surface area (Å²) < 4.78 is 6.24. The molecule has 0 saturated carbocycles. The number of Topliss-reactive ketones (excluding diaryl/α,β-unsaturated/α-hetero) is 2. The summed E-state index contributed by atoms with van der Waals surface area (Å²) in [5, 5.41) is 20.7. The Morgan fingerprint density at radius 1 is 1.06 bits per heavy atom. The van der Waals surface area contributed by atoms with E-state index in [2.05, 4.69) is 4.90 Å². The first kappa shape index (κ1) is 20.1. The van der Waals surface area contributed by atoms with E-state index in [0.717, 1.165) is 21.9 Å². The summed E-state index contributed by atoms with van der Waals surface area (Å²) in [7, 11) is 0. The van der Waals surface area contributed by atoms with Gasteiger partial charge in [-0.1, -0.05) is 24.3 Å². The maximum Gasteiger partial charge on any atom is 0.237 e. The molecule has 2 heterocycles. The zero-order valence-electron chi connectivity index (χ0n) is 17.5. The molecule has 0 amide bonds. The first-order valence-electron chi connectivity index (χ1n) is 10.8. The van der Waals surface area contributed by atoms with Gasteiger partial charge in [-0.15, -0.1) is 0 Å². The zero-order valence-corrected chi connectivity index (χ0v) is 17.5. The molecule has 2 aromatic carbocycles. The number of carbonyl (C=O) groups excluding carboxylic acids is 2. The lowest BCUT2D eigenvalue weighted by atomic mass is 9.82. The number of rotatable bonds is 5. The van der Waals surface area contributed by atoms with Gasteiger partial charge >= 0.3 is 0 Å². The zero-order chi connectivity index (χ0) is 21.7. The van der Waals surface area contributed by atoms with Crippen molar-refractivity contribution >= 4 is 22.3 Å². The second-order valence-corrected chi connectivity index (χ2v) is 8.45. The van der Waals surface area contributed by atoms with Crippen molar-refractivity contribution in [1.29, 1.82) is 0 Å². The van der Waals surface area contributed by atoms with Gasteiger partial charge < -0.3 is 14.6 Å². The van der Waals surface area contributed by atoms with Crippen LogP contribution >= 0.6 is 0 Å². The summed E-state index contributed by atoms with van der Waals surface area (Å²) in [5.41, 5.74) is 3.39. The first-order chi connectivity index (χ1) is 15.0. The minimum absolute atomic E-state index is 0.00134. The van der Waals surface area contributed by atoms with Gasteiger partial charge in [-0.2, -0.15) is 0 Å². The molecule has 0 radical (unpaired) electrons. The topological polar surface area (TPSA) is 91.0 Å². The van der Waals surface area contributed by atoms with E-state index < -0.39 is 11.6 Å². The number of fused-ring (bicyclic) bond motifs is 7. The molecule has 0 saturated heterocycles. The predicted octanol–water partition coefficient (Wildman–Crippen LogP) is 3.28. The summed E-state index contributed by atoms with van der Waals surface area (Å²) in [6, 6.07) is 9.58. The van der Waals surface area contributed by atoms with E-state index in [9.17, 15) is 14.7 Å². The molecular formula is C25H25NO5. The Morgan fingerprint density at radius 3 is 2.65 bits per heavy atom. The normalized spacial score (nSPS) is 16.9. The molecule has 31 heavy (non-hydrogen) atoms. The van der Waals surface area contributed by atoms with Crippen molar-refractivity contribution in [2.75, 3.05) is 19.8 Å². The molecule has 0 unspecified atom stereocenters. The Labute approximate surface area is 180 Å². The number of hydrogen-bond donors (Lipinski definition) is 2. The second-order valence-electron chi connectivity index (χ2n) is 8.45. The molecule has 0 bridgehead atoms. The Kier molecular flexibility index (Phi) is 5.01. The number of furan rings is 1. The molecule has 1 atom stereocenters. The lowest BCUT2D eigenvalue weighted by molar-refractivity contribution is 0.0813. The van der Waals surface area contributed by atoms with Crippen molar-refractivity contribution in [3.05, 3.63) is 58.3 Å². The van der Waals surface area contributed by atoms with E-state index >= 15 is 0 Å². The largest absolute Gasteiger partial charge is 0.459 e. The highest BCUT2D eigenvalue weighted by Crippen LogP contribution is 2.43. The van der Waals surface area contributed by atoms with Gasteiger partial charge in [0.25, 0.3) is 0 Å². The van der Waals surface area contributed by atoms with Gasteiger partial charge in [0.2, 0.25) is 11.6 Å². The third-order valence-electron chi connectivity index (χ3n) is 6.69. The molecular weight excluding hydrogens is 394 g/mol. The van der Waals surface area contributed by atoms with E-state index in [4.69, 9.17) is 9.52 Å². The monoisotopic (exact) mass is 419 g/mol. The molecule has 5 rings (SSSR count). The lowest BCUT2D eigenvalue weighted by Crippen LogP contribution is -2.41. The standard InChI is InChI=1S/C25H25NO5/c1-14-4-2-6-17-16(14)7-8-19-21(17)23(29)24(30)22-18-9-10-26(12-20(18)31-25(19)22)15(13-28)5-3-11-27/h2,4,6-8,15,27-28H,3,5,9-13H2,1H3/t15-/m0/s1. The third-order valence-corrected chi connectivity index (χ3v) is 6.69.